The summed E-state index contributed by atoms with van der Waals surface area (Å²) in [7, 11) is 2.15. The van der Waals surface area contributed by atoms with Crippen LogP contribution in [0, 0.1) is 0 Å². The Morgan fingerprint density at radius 3 is 2.33 bits per heavy atom. The molecule has 0 aromatic carbocycles. The minimum absolute atomic E-state index is 0.348. The number of hydrogen-bond donors (Lipinski definition) is 1. The predicted octanol–water partition coefficient (Wildman–Crippen LogP) is 1.73. The second-order valence-corrected chi connectivity index (χ2v) is 4.69. The Hall–Kier alpha value is -0.120. The highest BCUT2D eigenvalue weighted by molar-refractivity contribution is 4.56. The van der Waals surface area contributed by atoms with E-state index < -0.39 is 0 Å². The summed E-state index contributed by atoms with van der Waals surface area (Å²) in [5.74, 6) is 0. The quantitative estimate of drug-likeness (QED) is 0.594. The van der Waals surface area contributed by atoms with Gasteiger partial charge in [0.2, 0.25) is 0 Å². The van der Waals surface area contributed by atoms with Crippen LogP contribution >= 0.6 is 0 Å². The molecule has 0 aromatic rings. The molecule has 92 valence electrons. The molecular weight excluding hydrogens is 188 g/mol. The Balaban J connectivity index is 3.22. The van der Waals surface area contributed by atoms with E-state index in [4.69, 9.17) is 4.74 Å². The molecule has 15 heavy (non-hydrogen) atoms. The van der Waals surface area contributed by atoms with Gasteiger partial charge in [-0.05, 0) is 40.4 Å². The lowest BCUT2D eigenvalue weighted by molar-refractivity contribution is 0.0637. The molecule has 0 aromatic heterocycles. The third kappa shape index (κ3) is 11.8. The van der Waals surface area contributed by atoms with E-state index in [0.717, 1.165) is 26.2 Å². The summed E-state index contributed by atoms with van der Waals surface area (Å²) < 4.78 is 5.50. The van der Waals surface area contributed by atoms with Crippen LogP contribution in [-0.4, -0.2) is 50.3 Å². The van der Waals surface area contributed by atoms with Crippen LogP contribution < -0.4 is 5.32 Å². The van der Waals surface area contributed by atoms with Crippen molar-refractivity contribution in [2.75, 3.05) is 33.3 Å². The van der Waals surface area contributed by atoms with Crippen molar-refractivity contribution in [3.8, 4) is 0 Å². The van der Waals surface area contributed by atoms with Crippen LogP contribution in [-0.2, 0) is 4.74 Å². The van der Waals surface area contributed by atoms with E-state index >= 15 is 0 Å². The Morgan fingerprint density at radius 2 is 1.80 bits per heavy atom. The minimum Gasteiger partial charge on any atom is -0.377 e. The summed E-state index contributed by atoms with van der Waals surface area (Å²) in [5.41, 5.74) is 0. The number of likely N-dealkylation sites (N-methyl/N-ethyl adjacent to an activating group) is 1. The van der Waals surface area contributed by atoms with Crippen molar-refractivity contribution >= 4 is 0 Å². The van der Waals surface area contributed by atoms with Gasteiger partial charge in [-0.2, -0.15) is 0 Å². The maximum absolute atomic E-state index is 5.50. The summed E-state index contributed by atoms with van der Waals surface area (Å²) in [4.78, 5) is 2.32. The van der Waals surface area contributed by atoms with Crippen LogP contribution in [0.25, 0.3) is 0 Å². The Kier molecular flexibility index (Phi) is 9.06. The number of nitrogens with one attached hydrogen (secondary N) is 1. The SMILES string of the molecule is CC(C)NCCCN(C)CCOC(C)C. The van der Waals surface area contributed by atoms with Crippen molar-refractivity contribution in [2.24, 2.45) is 0 Å². The molecular formula is C12H28N2O. The summed E-state index contributed by atoms with van der Waals surface area (Å²) in [6.07, 6.45) is 1.55. The van der Waals surface area contributed by atoms with Crippen LogP contribution in [0.2, 0.25) is 0 Å². The van der Waals surface area contributed by atoms with Gasteiger partial charge in [0.1, 0.15) is 0 Å². The zero-order valence-corrected chi connectivity index (χ0v) is 11.0. The van der Waals surface area contributed by atoms with E-state index in [1.807, 2.05) is 0 Å². The highest BCUT2D eigenvalue weighted by Gasteiger charge is 1.99. The van der Waals surface area contributed by atoms with Gasteiger partial charge in [0, 0.05) is 12.6 Å². The van der Waals surface area contributed by atoms with E-state index in [-0.39, 0.29) is 0 Å². The van der Waals surface area contributed by atoms with Crippen molar-refractivity contribution in [3.63, 3.8) is 0 Å². The molecule has 1 N–H and O–H groups in total. The van der Waals surface area contributed by atoms with E-state index in [1.165, 1.54) is 6.42 Å². The van der Waals surface area contributed by atoms with Gasteiger partial charge >= 0.3 is 0 Å². The third-order valence-corrected chi connectivity index (χ3v) is 2.19. The van der Waals surface area contributed by atoms with Crippen LogP contribution in [0.5, 0.6) is 0 Å². The van der Waals surface area contributed by atoms with Gasteiger partial charge in [0.25, 0.3) is 0 Å². The molecule has 0 amide bonds. The topological polar surface area (TPSA) is 24.5 Å². The molecule has 0 aliphatic rings. The molecule has 0 spiro atoms. The monoisotopic (exact) mass is 216 g/mol. The zero-order chi connectivity index (χ0) is 11.7. The fourth-order valence-corrected chi connectivity index (χ4v) is 1.30. The van der Waals surface area contributed by atoms with Crippen molar-refractivity contribution in [2.45, 2.75) is 46.3 Å². The van der Waals surface area contributed by atoms with E-state index in [0.29, 0.717) is 12.1 Å². The fourth-order valence-electron chi connectivity index (χ4n) is 1.30. The predicted molar refractivity (Wildman–Crippen MR) is 66.3 cm³/mol. The van der Waals surface area contributed by atoms with E-state index in [1.54, 1.807) is 0 Å². The first-order valence-electron chi connectivity index (χ1n) is 6.06. The van der Waals surface area contributed by atoms with Crippen molar-refractivity contribution < 1.29 is 4.74 Å². The Morgan fingerprint density at radius 1 is 1.13 bits per heavy atom. The van der Waals surface area contributed by atoms with Gasteiger partial charge in [-0.1, -0.05) is 13.8 Å². The summed E-state index contributed by atoms with van der Waals surface area (Å²) in [6, 6.07) is 0.597. The molecule has 0 aliphatic carbocycles. The van der Waals surface area contributed by atoms with Gasteiger partial charge in [0.15, 0.2) is 0 Å². The smallest absolute Gasteiger partial charge is 0.0596 e. The lowest BCUT2D eigenvalue weighted by Gasteiger charge is -2.18. The highest BCUT2D eigenvalue weighted by Crippen LogP contribution is 1.91. The van der Waals surface area contributed by atoms with Gasteiger partial charge in [-0.25, -0.2) is 0 Å². The standard InChI is InChI=1S/C12H28N2O/c1-11(2)13-7-6-8-14(5)9-10-15-12(3)4/h11-13H,6-10H2,1-5H3. The van der Waals surface area contributed by atoms with Gasteiger partial charge in [-0.3, -0.25) is 0 Å². The normalized spacial score (nSPS) is 12.0. The zero-order valence-electron chi connectivity index (χ0n) is 11.0. The van der Waals surface area contributed by atoms with Crippen LogP contribution in [0.4, 0.5) is 0 Å². The van der Waals surface area contributed by atoms with Crippen LogP contribution in [0.3, 0.4) is 0 Å². The second kappa shape index (κ2) is 9.13. The first kappa shape index (κ1) is 14.9. The molecule has 0 heterocycles. The lowest BCUT2D eigenvalue weighted by atomic mass is 10.3. The molecule has 0 unspecified atom stereocenters. The third-order valence-electron chi connectivity index (χ3n) is 2.19. The van der Waals surface area contributed by atoms with E-state index in [2.05, 4.69) is 45.0 Å². The summed E-state index contributed by atoms with van der Waals surface area (Å²) >= 11 is 0. The van der Waals surface area contributed by atoms with Crippen molar-refractivity contribution in [1.29, 1.82) is 0 Å². The van der Waals surface area contributed by atoms with Crippen LogP contribution in [0.1, 0.15) is 34.1 Å². The lowest BCUT2D eigenvalue weighted by Crippen LogP contribution is -2.29. The Labute approximate surface area is 95.2 Å². The molecule has 0 saturated heterocycles. The number of nitrogens with zero attached hydrogens (tertiary/aromatic N) is 1. The number of ether oxygens (including phenoxy) is 1. The average Bonchev–Trinajstić information content (AvgIpc) is 2.11. The largest absolute Gasteiger partial charge is 0.377 e. The molecule has 0 atom stereocenters. The van der Waals surface area contributed by atoms with Crippen molar-refractivity contribution in [3.05, 3.63) is 0 Å². The highest BCUT2D eigenvalue weighted by atomic mass is 16.5. The molecule has 0 bridgehead atoms. The molecule has 0 aliphatic heterocycles. The first-order chi connectivity index (χ1) is 7.02. The maximum Gasteiger partial charge on any atom is 0.0596 e. The molecule has 0 rings (SSSR count). The fraction of sp³-hybridized carbons (Fsp3) is 1.00. The summed E-state index contributed by atoms with van der Waals surface area (Å²) in [6.45, 7) is 12.6. The van der Waals surface area contributed by atoms with Gasteiger partial charge in [-0.15, -0.1) is 0 Å². The number of hydrogen-bond acceptors (Lipinski definition) is 3. The molecule has 0 radical (unpaired) electrons. The van der Waals surface area contributed by atoms with E-state index in [9.17, 15) is 0 Å². The Bertz CT molecular complexity index is 138. The maximum atomic E-state index is 5.50. The molecule has 0 saturated carbocycles. The van der Waals surface area contributed by atoms with Gasteiger partial charge in [0.05, 0.1) is 12.7 Å². The van der Waals surface area contributed by atoms with Gasteiger partial charge < -0.3 is 15.0 Å². The average molecular weight is 216 g/mol. The van der Waals surface area contributed by atoms with Crippen molar-refractivity contribution in [1.82, 2.24) is 10.2 Å². The van der Waals surface area contributed by atoms with Crippen LogP contribution in [0.15, 0.2) is 0 Å². The molecule has 3 heteroatoms. The second-order valence-electron chi connectivity index (χ2n) is 4.69. The first-order valence-corrected chi connectivity index (χ1v) is 6.06. The number of rotatable bonds is 9. The summed E-state index contributed by atoms with van der Waals surface area (Å²) in [5, 5.41) is 3.42. The minimum atomic E-state index is 0.348. The molecule has 0 fully saturated rings. The molecule has 3 nitrogen and oxygen atoms in total.